The number of halogens is 1. The van der Waals surface area contributed by atoms with E-state index in [1.807, 2.05) is 12.1 Å². The first-order chi connectivity index (χ1) is 12.9. The van der Waals surface area contributed by atoms with Gasteiger partial charge in [-0.15, -0.1) is 0 Å². The minimum Gasteiger partial charge on any atom is -0.478 e. The third-order valence-corrected chi connectivity index (χ3v) is 4.48. The van der Waals surface area contributed by atoms with Crippen LogP contribution in [0.1, 0.15) is 18.4 Å². The van der Waals surface area contributed by atoms with E-state index in [0.29, 0.717) is 18.2 Å². The van der Waals surface area contributed by atoms with Crippen LogP contribution in [0, 0.1) is 0 Å². The lowest BCUT2D eigenvalue weighted by Crippen LogP contribution is -2.44. The molecule has 0 atom stereocenters. The van der Waals surface area contributed by atoms with Crippen LogP contribution in [0.4, 0.5) is 0 Å². The third kappa shape index (κ3) is 10.1. The quantitative estimate of drug-likeness (QED) is 0.577. The molecule has 1 aromatic rings. The molecule has 0 amide bonds. The molecule has 0 spiro atoms. The van der Waals surface area contributed by atoms with Gasteiger partial charge in [0, 0.05) is 43.4 Å². The maximum absolute atomic E-state index is 9.55. The first kappa shape index (κ1) is 23.1. The predicted octanol–water partition coefficient (Wildman–Crippen LogP) is 2.25. The Balaban J connectivity index is 0.000000387. The number of ether oxygens (including phenoxy) is 1. The van der Waals surface area contributed by atoms with Gasteiger partial charge in [0.05, 0.1) is 6.61 Å². The molecule has 0 saturated carbocycles. The van der Waals surface area contributed by atoms with Crippen LogP contribution in [-0.4, -0.2) is 66.4 Å². The molecule has 2 rings (SSSR count). The van der Waals surface area contributed by atoms with Crippen molar-refractivity contribution in [3.63, 3.8) is 0 Å². The van der Waals surface area contributed by atoms with Gasteiger partial charge in [-0.05, 0) is 37.6 Å². The van der Waals surface area contributed by atoms with E-state index in [4.69, 9.17) is 26.6 Å². The Morgan fingerprint density at radius 3 is 2.33 bits per heavy atom. The summed E-state index contributed by atoms with van der Waals surface area (Å²) in [6, 6.07) is 8.75. The fourth-order valence-corrected chi connectivity index (χ4v) is 2.95. The molecular weight excluding hydrogens is 372 g/mol. The maximum atomic E-state index is 9.55. The molecule has 0 aliphatic carbocycles. The highest BCUT2D eigenvalue weighted by Crippen LogP contribution is 2.20. The highest BCUT2D eigenvalue weighted by molar-refractivity contribution is 6.31. The first-order valence-corrected chi connectivity index (χ1v) is 9.13. The summed E-state index contributed by atoms with van der Waals surface area (Å²) in [6.07, 6.45) is 3.52. The molecule has 1 aromatic carbocycles. The number of hydrogen-bond acceptors (Lipinski definition) is 5. The second-order valence-electron chi connectivity index (χ2n) is 6.05. The second-order valence-corrected chi connectivity index (χ2v) is 6.45. The Labute approximate surface area is 164 Å². The number of rotatable bonds is 8. The SMILES string of the molecule is COCCN(Cc1ccccc1Cl)C1CCNCC1.O=C(O)C=CC(=O)O. The highest BCUT2D eigenvalue weighted by Gasteiger charge is 2.21. The maximum Gasteiger partial charge on any atom is 0.328 e. The van der Waals surface area contributed by atoms with Crippen LogP contribution in [0.15, 0.2) is 36.4 Å². The zero-order chi connectivity index (χ0) is 20.1. The van der Waals surface area contributed by atoms with Crippen molar-refractivity contribution in [1.82, 2.24) is 10.2 Å². The summed E-state index contributed by atoms with van der Waals surface area (Å²) < 4.78 is 5.24. The van der Waals surface area contributed by atoms with E-state index in [-0.39, 0.29) is 0 Å². The Kier molecular flexibility index (Phi) is 11.4. The van der Waals surface area contributed by atoms with Crippen LogP contribution < -0.4 is 5.32 Å². The van der Waals surface area contributed by atoms with E-state index in [0.717, 1.165) is 37.8 Å². The lowest BCUT2D eigenvalue weighted by molar-refractivity contribution is -0.134. The molecule has 1 heterocycles. The number of nitrogens with zero attached hydrogens (tertiary/aromatic N) is 1. The molecule has 0 bridgehead atoms. The number of hydrogen-bond donors (Lipinski definition) is 3. The van der Waals surface area contributed by atoms with E-state index in [1.54, 1.807) is 7.11 Å². The number of methoxy groups -OCH3 is 1. The van der Waals surface area contributed by atoms with Crippen molar-refractivity contribution >= 4 is 23.5 Å². The van der Waals surface area contributed by atoms with Crippen molar-refractivity contribution in [3.8, 4) is 0 Å². The average molecular weight is 399 g/mol. The number of carboxylic acid groups (broad SMARTS) is 2. The summed E-state index contributed by atoms with van der Waals surface area (Å²) >= 11 is 6.27. The van der Waals surface area contributed by atoms with E-state index in [9.17, 15) is 9.59 Å². The summed E-state index contributed by atoms with van der Waals surface area (Å²) in [6.45, 7) is 4.86. The lowest BCUT2D eigenvalue weighted by Gasteiger charge is -2.34. The van der Waals surface area contributed by atoms with Crippen LogP contribution in [-0.2, 0) is 20.9 Å². The van der Waals surface area contributed by atoms with Crippen molar-refractivity contribution in [3.05, 3.63) is 47.0 Å². The monoisotopic (exact) mass is 398 g/mol. The van der Waals surface area contributed by atoms with E-state index in [2.05, 4.69) is 22.3 Å². The van der Waals surface area contributed by atoms with Crippen LogP contribution in [0.25, 0.3) is 0 Å². The van der Waals surface area contributed by atoms with Gasteiger partial charge in [0.1, 0.15) is 0 Å². The fourth-order valence-electron chi connectivity index (χ4n) is 2.76. The molecule has 1 aliphatic rings. The predicted molar refractivity (Wildman–Crippen MR) is 104 cm³/mol. The first-order valence-electron chi connectivity index (χ1n) is 8.75. The van der Waals surface area contributed by atoms with Crippen molar-refractivity contribution < 1.29 is 24.5 Å². The van der Waals surface area contributed by atoms with Crippen molar-refractivity contribution in [2.75, 3.05) is 33.4 Å². The van der Waals surface area contributed by atoms with Crippen LogP contribution in [0.2, 0.25) is 5.02 Å². The van der Waals surface area contributed by atoms with Gasteiger partial charge in [0.25, 0.3) is 0 Å². The minimum atomic E-state index is -1.26. The molecule has 0 aromatic heterocycles. The second kappa shape index (κ2) is 13.3. The number of aliphatic carboxylic acids is 2. The minimum absolute atomic E-state index is 0.558. The highest BCUT2D eigenvalue weighted by atomic mass is 35.5. The number of carbonyl (C=O) groups is 2. The summed E-state index contributed by atoms with van der Waals surface area (Å²) in [4.78, 5) is 21.6. The molecule has 0 radical (unpaired) electrons. The van der Waals surface area contributed by atoms with E-state index in [1.165, 1.54) is 18.4 Å². The van der Waals surface area contributed by atoms with Crippen molar-refractivity contribution in [1.29, 1.82) is 0 Å². The zero-order valence-corrected chi connectivity index (χ0v) is 16.2. The Hall–Kier alpha value is -1.93. The normalized spacial score (nSPS) is 14.8. The Morgan fingerprint density at radius 1 is 1.22 bits per heavy atom. The fraction of sp³-hybridized carbons (Fsp3) is 0.474. The average Bonchev–Trinajstić information content (AvgIpc) is 2.66. The molecule has 27 heavy (non-hydrogen) atoms. The molecule has 150 valence electrons. The summed E-state index contributed by atoms with van der Waals surface area (Å²) in [7, 11) is 1.76. The molecule has 1 aliphatic heterocycles. The van der Waals surface area contributed by atoms with Crippen LogP contribution >= 0.6 is 11.6 Å². The topological polar surface area (TPSA) is 99.1 Å². The molecule has 8 heteroatoms. The van der Waals surface area contributed by atoms with Gasteiger partial charge < -0.3 is 20.3 Å². The number of carboxylic acids is 2. The summed E-state index contributed by atoms with van der Waals surface area (Å²) in [5.41, 5.74) is 1.21. The number of piperidine rings is 1. The van der Waals surface area contributed by atoms with Gasteiger partial charge in [0.15, 0.2) is 0 Å². The molecule has 1 saturated heterocycles. The van der Waals surface area contributed by atoms with Gasteiger partial charge in [-0.25, -0.2) is 9.59 Å². The smallest absolute Gasteiger partial charge is 0.328 e. The van der Waals surface area contributed by atoms with Gasteiger partial charge >= 0.3 is 11.9 Å². The summed E-state index contributed by atoms with van der Waals surface area (Å²) in [5, 5.41) is 19.9. The summed E-state index contributed by atoms with van der Waals surface area (Å²) in [5.74, 6) is -2.51. The molecule has 0 unspecified atom stereocenters. The van der Waals surface area contributed by atoms with Gasteiger partial charge in [-0.1, -0.05) is 29.8 Å². The van der Waals surface area contributed by atoms with Crippen LogP contribution in [0.5, 0.6) is 0 Å². The van der Waals surface area contributed by atoms with Crippen molar-refractivity contribution in [2.24, 2.45) is 0 Å². The zero-order valence-electron chi connectivity index (χ0n) is 15.4. The largest absolute Gasteiger partial charge is 0.478 e. The standard InChI is InChI=1S/C15H23ClN2O.C4H4O4/c1-19-11-10-18(14-6-8-17-9-7-14)12-13-4-2-3-5-15(13)16;5-3(6)1-2-4(7)8/h2-5,14,17H,6-12H2,1H3;1-2H,(H,5,6)(H,7,8). The lowest BCUT2D eigenvalue weighted by atomic mass is 10.0. The number of benzene rings is 1. The number of nitrogens with one attached hydrogen (secondary N) is 1. The van der Waals surface area contributed by atoms with Crippen LogP contribution in [0.3, 0.4) is 0 Å². The van der Waals surface area contributed by atoms with E-state index < -0.39 is 11.9 Å². The molecular formula is C19H27ClN2O5. The van der Waals surface area contributed by atoms with Gasteiger partial charge in [0.2, 0.25) is 0 Å². The van der Waals surface area contributed by atoms with Gasteiger partial charge in [-0.2, -0.15) is 0 Å². The Morgan fingerprint density at radius 2 is 1.81 bits per heavy atom. The van der Waals surface area contributed by atoms with Gasteiger partial charge in [-0.3, -0.25) is 4.90 Å². The molecule has 3 N–H and O–H groups in total. The Bertz CT molecular complexity index is 602. The van der Waals surface area contributed by atoms with E-state index >= 15 is 0 Å². The molecule has 1 fully saturated rings. The molecule has 7 nitrogen and oxygen atoms in total. The van der Waals surface area contributed by atoms with Crippen molar-refractivity contribution in [2.45, 2.75) is 25.4 Å². The third-order valence-electron chi connectivity index (χ3n) is 4.11.